The lowest BCUT2D eigenvalue weighted by Gasteiger charge is -2.23. The molecule has 0 unspecified atom stereocenters. The predicted octanol–water partition coefficient (Wildman–Crippen LogP) is 3.49. The van der Waals surface area contributed by atoms with E-state index in [2.05, 4.69) is 5.10 Å². The van der Waals surface area contributed by atoms with E-state index in [1.807, 2.05) is 12.1 Å². The van der Waals surface area contributed by atoms with Crippen LogP contribution in [0.1, 0.15) is 26.3 Å². The lowest BCUT2D eigenvalue weighted by Crippen LogP contribution is -2.36. The van der Waals surface area contributed by atoms with Crippen LogP contribution in [0.15, 0.2) is 59.7 Å². The number of hydrogen-bond acceptors (Lipinski definition) is 5. The lowest BCUT2D eigenvalue weighted by atomic mass is 9.95. The van der Waals surface area contributed by atoms with E-state index in [1.165, 1.54) is 13.3 Å². The third-order valence-electron chi connectivity index (χ3n) is 4.50. The number of amides is 2. The summed E-state index contributed by atoms with van der Waals surface area (Å²) in [5.74, 6) is 0.258. The number of carbonyl (C=O) groups excluding carboxylic acids is 2. The molecule has 6 nitrogen and oxygen atoms in total. The first-order valence-electron chi connectivity index (χ1n) is 8.30. The fraction of sp³-hybridized carbons (Fsp3) is 0.0952. The minimum Gasteiger partial charge on any atom is -0.497 e. The van der Waals surface area contributed by atoms with Crippen LogP contribution in [-0.4, -0.2) is 37.3 Å². The van der Waals surface area contributed by atoms with Gasteiger partial charge in [-0.1, -0.05) is 24.3 Å². The molecule has 6 heteroatoms. The van der Waals surface area contributed by atoms with Crippen LogP contribution >= 0.6 is 0 Å². The predicted molar refractivity (Wildman–Crippen MR) is 102 cm³/mol. The molecule has 0 bridgehead atoms. The van der Waals surface area contributed by atoms with Gasteiger partial charge in [0.25, 0.3) is 11.8 Å². The zero-order valence-corrected chi connectivity index (χ0v) is 14.8. The van der Waals surface area contributed by atoms with Crippen molar-refractivity contribution in [3.63, 3.8) is 0 Å². The van der Waals surface area contributed by atoms with Gasteiger partial charge in [0.15, 0.2) is 0 Å². The Balaban J connectivity index is 1.75. The smallest absolute Gasteiger partial charge is 0.282 e. The van der Waals surface area contributed by atoms with Crippen molar-refractivity contribution < 1.29 is 19.1 Å². The summed E-state index contributed by atoms with van der Waals surface area (Å²) in [6, 6.07) is 16.0. The molecule has 0 N–H and O–H groups in total. The quantitative estimate of drug-likeness (QED) is 0.528. The summed E-state index contributed by atoms with van der Waals surface area (Å²) in [7, 11) is 3.09. The molecule has 0 saturated heterocycles. The molecule has 4 rings (SSSR count). The highest BCUT2D eigenvalue weighted by Crippen LogP contribution is 2.30. The van der Waals surface area contributed by atoms with E-state index < -0.39 is 11.8 Å². The average Bonchev–Trinajstić information content (AvgIpc) is 2.71. The van der Waals surface area contributed by atoms with Crippen LogP contribution in [0.3, 0.4) is 0 Å². The summed E-state index contributed by atoms with van der Waals surface area (Å²) in [6.07, 6.45) is 1.43. The Bertz CT molecular complexity index is 1050. The van der Waals surface area contributed by atoms with Gasteiger partial charge in [0.2, 0.25) is 0 Å². The summed E-state index contributed by atoms with van der Waals surface area (Å²) in [5.41, 5.74) is 1.54. The molecule has 1 heterocycles. The van der Waals surface area contributed by atoms with Crippen LogP contribution in [0.5, 0.6) is 11.5 Å². The van der Waals surface area contributed by atoms with Gasteiger partial charge in [0.05, 0.1) is 31.6 Å². The van der Waals surface area contributed by atoms with Gasteiger partial charge in [-0.05, 0) is 29.7 Å². The van der Waals surface area contributed by atoms with Gasteiger partial charge >= 0.3 is 0 Å². The van der Waals surface area contributed by atoms with Crippen LogP contribution < -0.4 is 9.47 Å². The van der Waals surface area contributed by atoms with E-state index >= 15 is 0 Å². The number of nitrogens with zero attached hydrogens (tertiary/aromatic N) is 2. The second-order valence-electron chi connectivity index (χ2n) is 5.98. The largest absolute Gasteiger partial charge is 0.497 e. The fourth-order valence-electron chi connectivity index (χ4n) is 3.17. The van der Waals surface area contributed by atoms with Crippen molar-refractivity contribution in [3.05, 3.63) is 71.3 Å². The number of rotatable bonds is 4. The zero-order chi connectivity index (χ0) is 19.0. The Kier molecular flexibility index (Phi) is 4.08. The highest BCUT2D eigenvalue weighted by Gasteiger charge is 2.32. The molecule has 0 radical (unpaired) electrons. The Morgan fingerprint density at radius 1 is 0.889 bits per heavy atom. The highest BCUT2D eigenvalue weighted by molar-refractivity contribution is 6.25. The maximum Gasteiger partial charge on any atom is 0.282 e. The van der Waals surface area contributed by atoms with Gasteiger partial charge in [-0.3, -0.25) is 9.59 Å². The molecular formula is C21H16N2O4. The van der Waals surface area contributed by atoms with Crippen molar-refractivity contribution in [1.29, 1.82) is 0 Å². The number of carbonyl (C=O) groups is 2. The average molecular weight is 360 g/mol. The third-order valence-corrected chi connectivity index (χ3v) is 4.50. The van der Waals surface area contributed by atoms with E-state index in [0.29, 0.717) is 33.6 Å². The Hall–Kier alpha value is -3.67. The molecule has 2 amide bonds. The van der Waals surface area contributed by atoms with Crippen molar-refractivity contribution in [2.45, 2.75) is 0 Å². The molecule has 0 spiro atoms. The Labute approximate surface area is 155 Å². The maximum atomic E-state index is 12.8. The second-order valence-corrected chi connectivity index (χ2v) is 5.98. The molecule has 0 saturated carbocycles. The fourth-order valence-corrected chi connectivity index (χ4v) is 3.17. The van der Waals surface area contributed by atoms with Crippen LogP contribution in [0.2, 0.25) is 0 Å². The van der Waals surface area contributed by atoms with Gasteiger partial charge in [-0.2, -0.15) is 10.1 Å². The molecule has 1 aliphatic rings. The number of imide groups is 1. The van der Waals surface area contributed by atoms with Gasteiger partial charge in [0.1, 0.15) is 11.5 Å². The molecule has 3 aromatic rings. The number of hydrogen-bond donors (Lipinski definition) is 0. The van der Waals surface area contributed by atoms with Crippen molar-refractivity contribution in [3.8, 4) is 11.5 Å². The highest BCUT2D eigenvalue weighted by atomic mass is 16.5. The minimum atomic E-state index is -0.451. The van der Waals surface area contributed by atoms with Gasteiger partial charge < -0.3 is 9.47 Å². The molecule has 1 aliphatic heterocycles. The SMILES string of the molecule is COc1ccc(/C=N\N2C(=O)c3cccc4cccc(c34)C2=O)c(OC)c1. The number of methoxy groups -OCH3 is 2. The van der Waals surface area contributed by atoms with Crippen molar-refractivity contribution in [2.24, 2.45) is 5.10 Å². The van der Waals surface area contributed by atoms with E-state index in [1.54, 1.807) is 49.6 Å². The monoisotopic (exact) mass is 360 g/mol. The van der Waals surface area contributed by atoms with Crippen molar-refractivity contribution >= 4 is 28.8 Å². The number of benzene rings is 3. The van der Waals surface area contributed by atoms with Crippen LogP contribution in [0, 0.1) is 0 Å². The summed E-state index contributed by atoms with van der Waals surface area (Å²) in [4.78, 5) is 25.7. The normalized spacial score (nSPS) is 13.5. The zero-order valence-electron chi connectivity index (χ0n) is 14.8. The molecule has 3 aromatic carbocycles. The first kappa shape index (κ1) is 16.8. The van der Waals surface area contributed by atoms with Gasteiger partial charge in [-0.25, -0.2) is 0 Å². The van der Waals surface area contributed by atoms with Gasteiger partial charge in [-0.15, -0.1) is 0 Å². The van der Waals surface area contributed by atoms with E-state index in [9.17, 15) is 9.59 Å². The molecule has 134 valence electrons. The van der Waals surface area contributed by atoms with E-state index in [-0.39, 0.29) is 0 Å². The topological polar surface area (TPSA) is 68.2 Å². The summed E-state index contributed by atoms with van der Waals surface area (Å²) in [5, 5.41) is 6.57. The number of ether oxygens (including phenoxy) is 2. The summed E-state index contributed by atoms with van der Waals surface area (Å²) in [6.45, 7) is 0. The van der Waals surface area contributed by atoms with Crippen LogP contribution in [0.4, 0.5) is 0 Å². The standard InChI is InChI=1S/C21H16N2O4/c1-26-15-10-9-14(18(11-15)27-2)12-22-23-20(24)16-7-3-5-13-6-4-8-17(19(13)16)21(23)25/h3-12H,1-2H3/b22-12-. The molecule has 27 heavy (non-hydrogen) atoms. The molecule has 0 aliphatic carbocycles. The second kappa shape index (κ2) is 6.57. The molecular weight excluding hydrogens is 344 g/mol. The molecule has 0 aromatic heterocycles. The molecule has 0 atom stereocenters. The summed E-state index contributed by atoms with van der Waals surface area (Å²) >= 11 is 0. The van der Waals surface area contributed by atoms with Gasteiger partial charge in [0, 0.05) is 17.0 Å². The molecule has 0 fully saturated rings. The van der Waals surface area contributed by atoms with Crippen molar-refractivity contribution in [2.75, 3.05) is 14.2 Å². The van der Waals surface area contributed by atoms with E-state index in [0.717, 1.165) is 10.4 Å². The van der Waals surface area contributed by atoms with E-state index in [4.69, 9.17) is 9.47 Å². The lowest BCUT2D eigenvalue weighted by molar-refractivity contribution is 0.0616. The Morgan fingerprint density at radius 2 is 1.56 bits per heavy atom. The maximum absolute atomic E-state index is 12.8. The first-order valence-corrected chi connectivity index (χ1v) is 8.30. The Morgan fingerprint density at radius 3 is 2.15 bits per heavy atom. The first-order chi connectivity index (χ1) is 13.1. The number of hydrazone groups is 1. The summed E-state index contributed by atoms with van der Waals surface area (Å²) < 4.78 is 10.5. The van der Waals surface area contributed by atoms with Crippen molar-refractivity contribution in [1.82, 2.24) is 5.01 Å². The van der Waals surface area contributed by atoms with Crippen LogP contribution in [0.25, 0.3) is 10.8 Å². The third kappa shape index (κ3) is 2.71. The van der Waals surface area contributed by atoms with Crippen LogP contribution in [-0.2, 0) is 0 Å². The minimum absolute atomic E-state index is 0.451.